The maximum absolute atomic E-state index is 6.34. The van der Waals surface area contributed by atoms with Crippen LogP contribution in [-0.4, -0.2) is 18.3 Å². The topological polar surface area (TPSA) is 44.7 Å². The first-order valence-corrected chi connectivity index (χ1v) is 14.1. The predicted octanol–water partition coefficient (Wildman–Crippen LogP) is 9.12. The third kappa shape index (κ3) is 3.84. The van der Waals surface area contributed by atoms with Gasteiger partial charge in [-0.05, 0) is 97.9 Å². The number of rotatable bonds is 3. The van der Waals surface area contributed by atoms with Crippen molar-refractivity contribution in [2.24, 2.45) is 0 Å². The summed E-state index contributed by atoms with van der Waals surface area (Å²) in [4.78, 5) is 0. The van der Waals surface area contributed by atoms with Gasteiger partial charge in [-0.3, -0.25) is 0 Å². The maximum atomic E-state index is 6.34. The van der Waals surface area contributed by atoms with Crippen LogP contribution >= 0.6 is 0 Å². The van der Waals surface area contributed by atoms with E-state index < -0.39 is 7.12 Å². The third-order valence-electron chi connectivity index (χ3n) is 8.93. The molecule has 1 aliphatic heterocycles. The lowest BCUT2D eigenvalue weighted by molar-refractivity contribution is 0.00578. The number of fused-ring (bicyclic) bond motifs is 6. The van der Waals surface area contributed by atoms with Gasteiger partial charge < -0.3 is 18.1 Å². The Bertz CT molecular complexity index is 2110. The zero-order chi connectivity index (χ0) is 27.9. The number of hydrogen-bond donors (Lipinski definition) is 0. The SMILES string of the molecule is CC1(C)OB(c2cccc(-c3ccc4c(c3)oc3ccc(-c5ccc6oc7ccccc7c6c5)cc34)c2)OC1(C)C. The van der Waals surface area contributed by atoms with Crippen LogP contribution in [-0.2, 0) is 9.31 Å². The standard InChI is InChI=1S/C36H29BO4/c1-35(2)36(3,4)41-37(40-35)26-9-7-8-22(18-26)25-12-15-28-30-20-24(14-17-33(30)39-34(28)21-25)23-13-16-32-29(19-23)27-10-5-6-11-31(27)38-32/h5-21H,1-4H3. The lowest BCUT2D eigenvalue weighted by Crippen LogP contribution is -2.41. The van der Waals surface area contributed by atoms with Crippen molar-refractivity contribution in [1.82, 2.24) is 0 Å². The van der Waals surface area contributed by atoms with Gasteiger partial charge in [-0.1, -0.05) is 60.7 Å². The first-order valence-electron chi connectivity index (χ1n) is 14.1. The van der Waals surface area contributed by atoms with Crippen LogP contribution in [0.15, 0.2) is 112 Å². The van der Waals surface area contributed by atoms with Crippen LogP contribution < -0.4 is 5.46 Å². The van der Waals surface area contributed by atoms with E-state index in [2.05, 4.69) is 119 Å². The molecule has 0 amide bonds. The van der Waals surface area contributed by atoms with Gasteiger partial charge in [0, 0.05) is 21.5 Å². The molecule has 5 heteroatoms. The fourth-order valence-corrected chi connectivity index (χ4v) is 5.89. The van der Waals surface area contributed by atoms with E-state index in [-0.39, 0.29) is 11.2 Å². The zero-order valence-corrected chi connectivity index (χ0v) is 23.5. The van der Waals surface area contributed by atoms with Crippen molar-refractivity contribution in [2.45, 2.75) is 38.9 Å². The average molecular weight is 536 g/mol. The predicted molar refractivity (Wildman–Crippen MR) is 168 cm³/mol. The highest BCUT2D eigenvalue weighted by molar-refractivity contribution is 6.62. The minimum Gasteiger partial charge on any atom is -0.456 e. The summed E-state index contributed by atoms with van der Waals surface area (Å²) in [5.41, 5.74) is 8.30. The Hall–Kier alpha value is -4.32. The van der Waals surface area contributed by atoms with E-state index in [0.717, 1.165) is 71.6 Å². The second-order valence-electron chi connectivity index (χ2n) is 12.0. The van der Waals surface area contributed by atoms with Gasteiger partial charge in [-0.2, -0.15) is 0 Å². The summed E-state index contributed by atoms with van der Waals surface area (Å²) in [7, 11) is -0.396. The summed E-state index contributed by atoms with van der Waals surface area (Å²) in [5, 5.41) is 4.46. The molecule has 0 aliphatic carbocycles. The molecule has 0 saturated carbocycles. The average Bonchev–Trinajstić information content (AvgIpc) is 3.60. The van der Waals surface area contributed by atoms with E-state index in [0.29, 0.717) is 0 Å². The first kappa shape index (κ1) is 24.5. The van der Waals surface area contributed by atoms with Crippen molar-refractivity contribution in [3.63, 3.8) is 0 Å². The zero-order valence-electron chi connectivity index (χ0n) is 23.5. The molecule has 0 N–H and O–H groups in total. The molecule has 3 heterocycles. The van der Waals surface area contributed by atoms with Crippen molar-refractivity contribution >= 4 is 56.5 Å². The molecule has 1 aliphatic rings. The molecule has 0 spiro atoms. The quantitative estimate of drug-likeness (QED) is 0.211. The molecule has 200 valence electrons. The molecule has 0 atom stereocenters. The lowest BCUT2D eigenvalue weighted by atomic mass is 9.78. The third-order valence-corrected chi connectivity index (χ3v) is 8.93. The minimum atomic E-state index is -0.396. The van der Waals surface area contributed by atoms with Crippen LogP contribution in [0.3, 0.4) is 0 Å². The van der Waals surface area contributed by atoms with Crippen LogP contribution in [0.25, 0.3) is 66.1 Å². The van der Waals surface area contributed by atoms with Gasteiger partial charge in [-0.25, -0.2) is 0 Å². The number of para-hydroxylation sites is 1. The Morgan fingerprint density at radius 3 is 1.68 bits per heavy atom. The lowest BCUT2D eigenvalue weighted by Gasteiger charge is -2.32. The van der Waals surface area contributed by atoms with Gasteiger partial charge in [0.1, 0.15) is 22.3 Å². The van der Waals surface area contributed by atoms with Crippen molar-refractivity contribution in [2.75, 3.05) is 0 Å². The molecule has 41 heavy (non-hydrogen) atoms. The molecule has 1 fully saturated rings. The Labute approximate surface area is 238 Å². The van der Waals surface area contributed by atoms with Gasteiger partial charge in [0.05, 0.1) is 11.2 Å². The van der Waals surface area contributed by atoms with Crippen molar-refractivity contribution < 1.29 is 18.1 Å². The summed E-state index contributed by atoms with van der Waals surface area (Å²) < 4.78 is 25.0. The molecule has 5 aromatic carbocycles. The Morgan fingerprint density at radius 1 is 0.439 bits per heavy atom. The highest BCUT2D eigenvalue weighted by atomic mass is 16.7. The normalized spacial score (nSPS) is 16.4. The molecule has 4 nitrogen and oxygen atoms in total. The largest absolute Gasteiger partial charge is 0.494 e. The van der Waals surface area contributed by atoms with Gasteiger partial charge in [0.2, 0.25) is 0 Å². The molecular weight excluding hydrogens is 507 g/mol. The Kier molecular flexibility index (Phi) is 5.13. The van der Waals surface area contributed by atoms with Gasteiger partial charge in [-0.15, -0.1) is 0 Å². The maximum Gasteiger partial charge on any atom is 0.494 e. The molecule has 0 bridgehead atoms. The second-order valence-corrected chi connectivity index (χ2v) is 12.0. The van der Waals surface area contributed by atoms with Crippen LogP contribution in [0.5, 0.6) is 0 Å². The second kappa shape index (κ2) is 8.59. The monoisotopic (exact) mass is 536 g/mol. The van der Waals surface area contributed by atoms with Gasteiger partial charge in [0.15, 0.2) is 0 Å². The molecule has 0 radical (unpaired) electrons. The van der Waals surface area contributed by atoms with E-state index in [1.54, 1.807) is 0 Å². The molecular formula is C36H29BO4. The van der Waals surface area contributed by atoms with Crippen LogP contribution in [0, 0.1) is 0 Å². The fourth-order valence-electron chi connectivity index (χ4n) is 5.89. The van der Waals surface area contributed by atoms with Gasteiger partial charge >= 0.3 is 7.12 Å². The fraction of sp³-hybridized carbons (Fsp3) is 0.167. The van der Waals surface area contributed by atoms with Crippen molar-refractivity contribution in [3.8, 4) is 22.3 Å². The summed E-state index contributed by atoms with van der Waals surface area (Å²) in [6, 6.07) is 35.9. The highest BCUT2D eigenvalue weighted by Crippen LogP contribution is 2.38. The van der Waals surface area contributed by atoms with Gasteiger partial charge in [0.25, 0.3) is 0 Å². The van der Waals surface area contributed by atoms with E-state index in [1.165, 1.54) is 0 Å². The number of benzene rings is 5. The minimum absolute atomic E-state index is 0.377. The van der Waals surface area contributed by atoms with Crippen molar-refractivity contribution in [3.05, 3.63) is 103 Å². The summed E-state index contributed by atoms with van der Waals surface area (Å²) >= 11 is 0. The number of furan rings is 2. The molecule has 8 rings (SSSR count). The smallest absolute Gasteiger partial charge is 0.456 e. The molecule has 1 saturated heterocycles. The summed E-state index contributed by atoms with van der Waals surface area (Å²) in [5.74, 6) is 0. The highest BCUT2D eigenvalue weighted by Gasteiger charge is 2.51. The van der Waals surface area contributed by atoms with E-state index in [4.69, 9.17) is 18.1 Å². The van der Waals surface area contributed by atoms with Crippen LogP contribution in [0.2, 0.25) is 0 Å². The Morgan fingerprint density at radius 2 is 0.976 bits per heavy atom. The van der Waals surface area contributed by atoms with Crippen LogP contribution in [0.4, 0.5) is 0 Å². The summed E-state index contributed by atoms with van der Waals surface area (Å²) in [6.45, 7) is 8.32. The molecule has 0 unspecified atom stereocenters. The Balaban J connectivity index is 1.16. The summed E-state index contributed by atoms with van der Waals surface area (Å²) in [6.07, 6.45) is 0. The van der Waals surface area contributed by atoms with E-state index >= 15 is 0 Å². The first-order chi connectivity index (χ1) is 19.8. The van der Waals surface area contributed by atoms with Crippen molar-refractivity contribution in [1.29, 1.82) is 0 Å². The molecule has 2 aromatic heterocycles. The van der Waals surface area contributed by atoms with Crippen LogP contribution in [0.1, 0.15) is 27.7 Å². The molecule has 7 aromatic rings. The number of hydrogen-bond acceptors (Lipinski definition) is 4. The van der Waals surface area contributed by atoms with E-state index in [1.807, 2.05) is 12.1 Å². The van der Waals surface area contributed by atoms with E-state index in [9.17, 15) is 0 Å².